The van der Waals surface area contributed by atoms with Crippen LogP contribution in [0.1, 0.15) is 38.4 Å². The Hall–Kier alpha value is -1.58. The molecule has 1 aliphatic rings. The maximum absolute atomic E-state index is 12.3. The van der Waals surface area contributed by atoms with Crippen LogP contribution in [0.4, 0.5) is 0 Å². The van der Waals surface area contributed by atoms with Gasteiger partial charge in [0.25, 0.3) is 5.56 Å². The lowest BCUT2D eigenvalue weighted by Crippen LogP contribution is -2.24. The second kappa shape index (κ2) is 3.72. The van der Waals surface area contributed by atoms with E-state index in [1.165, 1.54) is 18.5 Å². The topological polar surface area (TPSA) is 39.8 Å². The third-order valence-corrected chi connectivity index (χ3v) is 3.52. The van der Waals surface area contributed by atoms with Crippen molar-refractivity contribution in [2.24, 2.45) is 0 Å². The van der Waals surface area contributed by atoms with Gasteiger partial charge in [-0.3, -0.25) is 4.79 Å². The fourth-order valence-corrected chi connectivity index (χ4v) is 2.64. The van der Waals surface area contributed by atoms with Crippen molar-refractivity contribution in [1.29, 1.82) is 0 Å². The van der Waals surface area contributed by atoms with Crippen molar-refractivity contribution < 1.29 is 0 Å². The summed E-state index contributed by atoms with van der Waals surface area (Å²) < 4.78 is 3.81. The number of hydrogen-bond donors (Lipinski definition) is 0. The van der Waals surface area contributed by atoms with Gasteiger partial charge in [0.05, 0.1) is 23.1 Å². The van der Waals surface area contributed by atoms with Crippen molar-refractivity contribution >= 4 is 10.9 Å². The summed E-state index contributed by atoms with van der Waals surface area (Å²) in [6.07, 6.45) is 5.34. The van der Waals surface area contributed by atoms with E-state index in [0.29, 0.717) is 0 Å². The summed E-state index contributed by atoms with van der Waals surface area (Å²) in [7, 11) is 0. The van der Waals surface area contributed by atoms with Gasteiger partial charge in [-0.2, -0.15) is 5.10 Å². The van der Waals surface area contributed by atoms with Crippen molar-refractivity contribution in [2.75, 3.05) is 0 Å². The van der Waals surface area contributed by atoms with E-state index < -0.39 is 0 Å². The van der Waals surface area contributed by atoms with Gasteiger partial charge in [0, 0.05) is 12.2 Å². The van der Waals surface area contributed by atoms with Gasteiger partial charge in [-0.25, -0.2) is 4.68 Å². The number of hydrogen-bond acceptors (Lipinski definition) is 2. The summed E-state index contributed by atoms with van der Waals surface area (Å²) in [4.78, 5) is 12.3. The molecule has 0 aromatic carbocycles. The molecule has 0 bridgehead atoms. The fraction of sp³-hybridized carbons (Fsp3) is 0.538. The van der Waals surface area contributed by atoms with Gasteiger partial charge in [0.15, 0.2) is 0 Å². The summed E-state index contributed by atoms with van der Waals surface area (Å²) in [5.41, 5.74) is 2.33. The van der Waals surface area contributed by atoms with Gasteiger partial charge in [0.2, 0.25) is 0 Å². The lowest BCUT2D eigenvalue weighted by Gasteiger charge is -2.15. The van der Waals surface area contributed by atoms with Crippen LogP contribution in [0, 0.1) is 0 Å². The Morgan fingerprint density at radius 1 is 1.35 bits per heavy atom. The Bertz CT molecular complexity index is 621. The Balaban J connectivity index is 2.31. The molecule has 0 saturated heterocycles. The molecule has 4 nitrogen and oxygen atoms in total. The van der Waals surface area contributed by atoms with E-state index in [0.717, 1.165) is 23.9 Å². The summed E-state index contributed by atoms with van der Waals surface area (Å²) in [5.74, 6) is 0. The Labute approximate surface area is 99.9 Å². The normalized spacial score (nSPS) is 15.5. The Kier molecular flexibility index (Phi) is 2.31. The smallest absolute Gasteiger partial charge is 0.276 e. The number of aryl methyl sites for hydroxylation is 2. The number of aromatic nitrogens is 3. The molecule has 17 heavy (non-hydrogen) atoms. The first-order chi connectivity index (χ1) is 8.18. The molecule has 0 radical (unpaired) electrons. The van der Waals surface area contributed by atoms with Gasteiger partial charge >= 0.3 is 0 Å². The third kappa shape index (κ3) is 1.51. The van der Waals surface area contributed by atoms with Gasteiger partial charge in [-0.1, -0.05) is 0 Å². The van der Waals surface area contributed by atoms with E-state index in [1.807, 2.05) is 20.0 Å². The van der Waals surface area contributed by atoms with Crippen molar-refractivity contribution in [3.63, 3.8) is 0 Å². The van der Waals surface area contributed by atoms with E-state index in [9.17, 15) is 4.79 Å². The summed E-state index contributed by atoms with van der Waals surface area (Å²) in [5, 5.41) is 5.09. The molecule has 0 atom stereocenters. The minimum absolute atomic E-state index is 0.0411. The zero-order chi connectivity index (χ0) is 12.0. The lowest BCUT2D eigenvalue weighted by molar-refractivity contribution is 0.505. The molecule has 1 aliphatic heterocycles. The van der Waals surface area contributed by atoms with E-state index in [1.54, 1.807) is 4.68 Å². The van der Waals surface area contributed by atoms with Crippen LogP contribution in [0.3, 0.4) is 0 Å². The molecule has 3 heterocycles. The van der Waals surface area contributed by atoms with Crippen LogP contribution >= 0.6 is 0 Å². The average molecular weight is 231 g/mol. The first-order valence-corrected chi connectivity index (χ1v) is 6.28. The molecule has 0 N–H and O–H groups in total. The van der Waals surface area contributed by atoms with E-state index in [-0.39, 0.29) is 11.6 Å². The average Bonchev–Trinajstić information content (AvgIpc) is 2.69. The molecule has 2 aromatic heterocycles. The standard InChI is InChI=1S/C13H17N3O/c1-9(2)16-13(17)11-7-10-5-3-4-6-15(10)12(11)8-14-16/h7-9H,3-6H2,1-2H3. The fourth-order valence-electron chi connectivity index (χ4n) is 2.64. The second-order valence-electron chi connectivity index (χ2n) is 5.03. The van der Waals surface area contributed by atoms with Crippen LogP contribution in [0.2, 0.25) is 0 Å². The predicted molar refractivity (Wildman–Crippen MR) is 67.3 cm³/mol. The summed E-state index contributed by atoms with van der Waals surface area (Å²) in [6.45, 7) is 4.98. The molecular weight excluding hydrogens is 214 g/mol. The predicted octanol–water partition coefficient (Wildman–Crippen LogP) is 2.12. The number of rotatable bonds is 1. The van der Waals surface area contributed by atoms with Crippen LogP contribution in [0.5, 0.6) is 0 Å². The number of nitrogens with zero attached hydrogens (tertiary/aromatic N) is 3. The largest absolute Gasteiger partial charge is 0.343 e. The van der Waals surface area contributed by atoms with Crippen LogP contribution in [-0.4, -0.2) is 14.3 Å². The monoisotopic (exact) mass is 231 g/mol. The highest BCUT2D eigenvalue weighted by atomic mass is 16.1. The highest BCUT2D eigenvalue weighted by Gasteiger charge is 2.16. The molecule has 0 unspecified atom stereocenters. The first-order valence-electron chi connectivity index (χ1n) is 6.28. The van der Waals surface area contributed by atoms with Crippen LogP contribution < -0.4 is 5.56 Å². The summed E-state index contributed by atoms with van der Waals surface area (Å²) in [6, 6.07) is 2.17. The maximum atomic E-state index is 12.3. The van der Waals surface area contributed by atoms with Gasteiger partial charge in [-0.15, -0.1) is 0 Å². The van der Waals surface area contributed by atoms with Crippen LogP contribution in [-0.2, 0) is 13.0 Å². The molecule has 4 heteroatoms. The zero-order valence-electron chi connectivity index (χ0n) is 10.3. The van der Waals surface area contributed by atoms with Crippen molar-refractivity contribution in [2.45, 2.75) is 45.7 Å². The molecule has 0 saturated carbocycles. The highest BCUT2D eigenvalue weighted by Crippen LogP contribution is 2.22. The third-order valence-electron chi connectivity index (χ3n) is 3.52. The van der Waals surface area contributed by atoms with Gasteiger partial charge in [0.1, 0.15) is 0 Å². The van der Waals surface area contributed by atoms with E-state index in [2.05, 4.69) is 15.7 Å². The maximum Gasteiger partial charge on any atom is 0.276 e. The van der Waals surface area contributed by atoms with Gasteiger partial charge < -0.3 is 4.57 Å². The minimum atomic E-state index is 0.0411. The Morgan fingerprint density at radius 2 is 2.18 bits per heavy atom. The number of fused-ring (bicyclic) bond motifs is 3. The van der Waals surface area contributed by atoms with E-state index in [4.69, 9.17) is 0 Å². The van der Waals surface area contributed by atoms with E-state index >= 15 is 0 Å². The highest BCUT2D eigenvalue weighted by molar-refractivity contribution is 5.79. The first kappa shape index (κ1) is 10.6. The molecule has 0 amide bonds. The lowest BCUT2D eigenvalue weighted by atomic mass is 10.1. The van der Waals surface area contributed by atoms with Crippen molar-refractivity contribution in [1.82, 2.24) is 14.3 Å². The molecule has 2 aromatic rings. The SMILES string of the molecule is CC(C)n1ncc2c(cc3n2CCCC3)c1=O. The van der Waals surface area contributed by atoms with Crippen molar-refractivity contribution in [3.05, 3.63) is 28.3 Å². The molecule has 0 fully saturated rings. The molecule has 3 rings (SSSR count). The second-order valence-corrected chi connectivity index (χ2v) is 5.03. The van der Waals surface area contributed by atoms with Gasteiger partial charge in [-0.05, 0) is 39.2 Å². The Morgan fingerprint density at radius 3 is 2.94 bits per heavy atom. The zero-order valence-corrected chi connectivity index (χ0v) is 10.3. The van der Waals surface area contributed by atoms with Crippen LogP contribution in [0.25, 0.3) is 10.9 Å². The van der Waals surface area contributed by atoms with Crippen LogP contribution in [0.15, 0.2) is 17.1 Å². The molecule has 0 spiro atoms. The molecule has 90 valence electrons. The molecule has 0 aliphatic carbocycles. The molecular formula is C13H17N3O. The summed E-state index contributed by atoms with van der Waals surface area (Å²) >= 11 is 0. The quantitative estimate of drug-likeness (QED) is 0.754. The van der Waals surface area contributed by atoms with Crippen molar-refractivity contribution in [3.8, 4) is 0 Å². The minimum Gasteiger partial charge on any atom is -0.343 e.